The summed E-state index contributed by atoms with van der Waals surface area (Å²) in [6, 6.07) is 6.44. The number of hydrogen-bond donors (Lipinski definition) is 0. The predicted molar refractivity (Wildman–Crippen MR) is 63.5 cm³/mol. The molecular weight excluding hydrogens is 192 g/mol. The number of benzene rings is 1. The van der Waals surface area contributed by atoms with Gasteiger partial charge in [0.15, 0.2) is 0 Å². The quantitative estimate of drug-likeness (QED) is 0.696. The van der Waals surface area contributed by atoms with Gasteiger partial charge in [0.25, 0.3) is 0 Å². The number of ether oxygens (including phenoxy) is 1. The topological polar surface area (TPSA) is 9.23 Å². The van der Waals surface area contributed by atoms with Crippen molar-refractivity contribution in [2.75, 3.05) is 12.9 Å². The molecule has 1 aromatic carbocycles. The maximum Gasteiger partial charge on any atom is 0.132 e. The van der Waals surface area contributed by atoms with Crippen molar-refractivity contribution < 1.29 is 4.74 Å². The van der Waals surface area contributed by atoms with E-state index in [1.807, 2.05) is 6.92 Å². The fourth-order valence-electron chi connectivity index (χ4n) is 1.32. The molecule has 0 fully saturated rings. The molecule has 0 aliphatic carbocycles. The minimum Gasteiger partial charge on any atom is -0.493 e. The third kappa shape index (κ3) is 2.68. The summed E-state index contributed by atoms with van der Waals surface area (Å²) < 4.78 is 5.54. The molecule has 0 amide bonds. The second kappa shape index (κ2) is 5.30. The van der Waals surface area contributed by atoms with Crippen LogP contribution in [0.4, 0.5) is 0 Å². The molecular formula is C12H18OS. The fraction of sp³-hybridized carbons (Fsp3) is 0.500. The van der Waals surface area contributed by atoms with Gasteiger partial charge in [0.05, 0.1) is 6.61 Å². The molecule has 1 rings (SSSR count). The molecule has 0 N–H and O–H groups in total. The summed E-state index contributed by atoms with van der Waals surface area (Å²) in [4.78, 5) is 1.23. The maximum atomic E-state index is 5.54. The Morgan fingerprint density at radius 1 is 1.36 bits per heavy atom. The van der Waals surface area contributed by atoms with Crippen molar-refractivity contribution in [3.8, 4) is 5.75 Å². The molecule has 0 bridgehead atoms. The summed E-state index contributed by atoms with van der Waals surface area (Å²) >= 11 is 1.74. The van der Waals surface area contributed by atoms with E-state index in [0.717, 1.165) is 12.4 Å². The van der Waals surface area contributed by atoms with Gasteiger partial charge < -0.3 is 4.74 Å². The predicted octanol–water partition coefficient (Wildman–Crippen LogP) is 3.93. The summed E-state index contributed by atoms with van der Waals surface area (Å²) in [5.41, 5.74) is 1.37. The van der Waals surface area contributed by atoms with Crippen LogP contribution in [-0.2, 0) is 0 Å². The van der Waals surface area contributed by atoms with Gasteiger partial charge in [-0.2, -0.15) is 0 Å². The van der Waals surface area contributed by atoms with Gasteiger partial charge in [-0.25, -0.2) is 0 Å². The molecule has 0 saturated heterocycles. The Kier molecular flexibility index (Phi) is 4.33. The summed E-state index contributed by atoms with van der Waals surface area (Å²) in [6.07, 6.45) is 2.09. The third-order valence-corrected chi connectivity index (χ3v) is 2.91. The highest BCUT2D eigenvalue weighted by Crippen LogP contribution is 2.30. The first-order valence-electron chi connectivity index (χ1n) is 4.99. The van der Waals surface area contributed by atoms with Crippen LogP contribution in [-0.4, -0.2) is 12.9 Å². The Morgan fingerprint density at radius 2 is 2.07 bits per heavy atom. The lowest BCUT2D eigenvalue weighted by molar-refractivity contribution is 0.332. The summed E-state index contributed by atoms with van der Waals surface area (Å²) in [7, 11) is 0. The molecule has 0 aliphatic rings. The van der Waals surface area contributed by atoms with E-state index >= 15 is 0 Å². The molecule has 0 heterocycles. The van der Waals surface area contributed by atoms with Crippen molar-refractivity contribution in [3.63, 3.8) is 0 Å². The third-order valence-electron chi connectivity index (χ3n) is 2.15. The van der Waals surface area contributed by atoms with Crippen molar-refractivity contribution in [3.05, 3.63) is 23.8 Å². The molecule has 0 saturated carbocycles. The van der Waals surface area contributed by atoms with Crippen LogP contribution in [0.1, 0.15) is 32.3 Å². The lowest BCUT2D eigenvalue weighted by Gasteiger charge is -2.12. The monoisotopic (exact) mass is 210 g/mol. The van der Waals surface area contributed by atoms with E-state index in [0.29, 0.717) is 5.92 Å². The van der Waals surface area contributed by atoms with Gasteiger partial charge in [-0.05, 0) is 36.8 Å². The molecule has 0 unspecified atom stereocenters. The minimum atomic E-state index is 0.580. The van der Waals surface area contributed by atoms with Crippen molar-refractivity contribution in [2.45, 2.75) is 31.6 Å². The van der Waals surface area contributed by atoms with Gasteiger partial charge in [0.1, 0.15) is 5.75 Å². The Bertz CT molecular complexity index is 294. The Morgan fingerprint density at radius 3 is 2.57 bits per heavy atom. The van der Waals surface area contributed by atoms with Gasteiger partial charge in [-0.1, -0.05) is 19.9 Å². The van der Waals surface area contributed by atoms with Gasteiger partial charge in [-0.3, -0.25) is 0 Å². The molecule has 2 heteroatoms. The molecule has 0 aliphatic heterocycles. The molecule has 78 valence electrons. The van der Waals surface area contributed by atoms with Crippen molar-refractivity contribution in [1.29, 1.82) is 0 Å². The van der Waals surface area contributed by atoms with Crippen molar-refractivity contribution >= 4 is 11.8 Å². The Balaban J connectivity index is 2.98. The van der Waals surface area contributed by atoms with E-state index in [9.17, 15) is 0 Å². The van der Waals surface area contributed by atoms with Crippen LogP contribution in [0.3, 0.4) is 0 Å². The van der Waals surface area contributed by atoms with Crippen LogP contribution in [0.5, 0.6) is 5.75 Å². The van der Waals surface area contributed by atoms with Crippen LogP contribution in [0, 0.1) is 0 Å². The number of rotatable bonds is 4. The van der Waals surface area contributed by atoms with E-state index in [1.54, 1.807) is 11.8 Å². The molecule has 0 atom stereocenters. The zero-order valence-corrected chi connectivity index (χ0v) is 10.1. The molecule has 1 nitrogen and oxygen atoms in total. The SMILES string of the molecule is CCOc1ccc(C(C)C)cc1SC. The second-order valence-corrected chi connectivity index (χ2v) is 4.35. The first-order valence-corrected chi connectivity index (χ1v) is 6.22. The number of hydrogen-bond acceptors (Lipinski definition) is 2. The van der Waals surface area contributed by atoms with E-state index in [-0.39, 0.29) is 0 Å². The van der Waals surface area contributed by atoms with E-state index in [1.165, 1.54) is 10.5 Å². The minimum absolute atomic E-state index is 0.580. The number of thioether (sulfide) groups is 1. The smallest absolute Gasteiger partial charge is 0.132 e. The van der Waals surface area contributed by atoms with Gasteiger partial charge in [0.2, 0.25) is 0 Å². The highest BCUT2D eigenvalue weighted by Gasteiger charge is 2.05. The normalized spacial score (nSPS) is 10.6. The van der Waals surface area contributed by atoms with Crippen molar-refractivity contribution in [2.24, 2.45) is 0 Å². The largest absolute Gasteiger partial charge is 0.493 e. The molecule has 14 heavy (non-hydrogen) atoms. The van der Waals surface area contributed by atoms with Crippen molar-refractivity contribution in [1.82, 2.24) is 0 Å². The van der Waals surface area contributed by atoms with Crippen LogP contribution in [0.25, 0.3) is 0 Å². The fourth-order valence-corrected chi connectivity index (χ4v) is 1.90. The van der Waals surface area contributed by atoms with Gasteiger partial charge >= 0.3 is 0 Å². The molecule has 0 spiro atoms. The van der Waals surface area contributed by atoms with Crippen LogP contribution >= 0.6 is 11.8 Å². The first-order chi connectivity index (χ1) is 6.69. The summed E-state index contributed by atoms with van der Waals surface area (Å²) in [5.74, 6) is 1.58. The maximum absolute atomic E-state index is 5.54. The lowest BCUT2D eigenvalue weighted by atomic mass is 10.0. The first kappa shape index (κ1) is 11.4. The Hall–Kier alpha value is -0.630. The zero-order chi connectivity index (χ0) is 10.6. The highest BCUT2D eigenvalue weighted by atomic mass is 32.2. The van der Waals surface area contributed by atoms with Crippen LogP contribution in [0.15, 0.2) is 23.1 Å². The van der Waals surface area contributed by atoms with Gasteiger partial charge in [-0.15, -0.1) is 11.8 Å². The van der Waals surface area contributed by atoms with Crippen LogP contribution < -0.4 is 4.74 Å². The standard InChI is InChI=1S/C12H18OS/c1-5-13-11-7-6-10(9(2)3)8-12(11)14-4/h6-9H,5H2,1-4H3. The van der Waals surface area contributed by atoms with E-state index in [2.05, 4.69) is 38.3 Å². The summed E-state index contributed by atoms with van der Waals surface area (Å²) in [6.45, 7) is 7.16. The average molecular weight is 210 g/mol. The van der Waals surface area contributed by atoms with E-state index < -0.39 is 0 Å². The summed E-state index contributed by atoms with van der Waals surface area (Å²) in [5, 5.41) is 0. The average Bonchev–Trinajstić information content (AvgIpc) is 2.18. The van der Waals surface area contributed by atoms with Gasteiger partial charge in [0, 0.05) is 4.90 Å². The molecule has 1 aromatic rings. The molecule has 0 aromatic heterocycles. The highest BCUT2D eigenvalue weighted by molar-refractivity contribution is 7.98. The van der Waals surface area contributed by atoms with Crippen LogP contribution in [0.2, 0.25) is 0 Å². The lowest BCUT2D eigenvalue weighted by Crippen LogP contribution is -1.95. The Labute approximate surface area is 90.9 Å². The van der Waals surface area contributed by atoms with E-state index in [4.69, 9.17) is 4.74 Å². The molecule has 0 radical (unpaired) electrons. The zero-order valence-electron chi connectivity index (χ0n) is 9.33. The second-order valence-electron chi connectivity index (χ2n) is 3.50.